The maximum Gasteiger partial charge on any atom is 0.271 e. The number of aromatic nitrogens is 2. The summed E-state index contributed by atoms with van der Waals surface area (Å²) in [6.07, 6.45) is 1.56. The number of carbonyl (C=O) groups is 1. The predicted octanol–water partition coefficient (Wildman–Crippen LogP) is 2.06. The number of carbonyl (C=O) groups excluding carboxylic acids is 1. The Labute approximate surface area is 146 Å². The normalized spacial score (nSPS) is 17.3. The van der Waals surface area contributed by atoms with E-state index in [-0.39, 0.29) is 5.02 Å². The summed E-state index contributed by atoms with van der Waals surface area (Å²) in [5, 5.41) is 13.8. The second kappa shape index (κ2) is 6.76. The molecule has 24 heavy (non-hydrogen) atoms. The summed E-state index contributed by atoms with van der Waals surface area (Å²) in [5.74, 6) is -1.85. The number of aromatic amines is 1. The highest BCUT2D eigenvalue weighted by Crippen LogP contribution is 2.34. The molecule has 1 aromatic heterocycles. The van der Waals surface area contributed by atoms with Crippen LogP contribution in [0.15, 0.2) is 29.5 Å². The molecule has 2 heterocycles. The molecule has 1 aromatic carbocycles. The number of hydrogen-bond donors (Lipinski definition) is 3. The molecule has 2 aromatic rings. The van der Waals surface area contributed by atoms with Gasteiger partial charge in [0.1, 0.15) is 23.1 Å². The fourth-order valence-electron chi connectivity index (χ4n) is 2.43. The number of anilines is 1. The molecule has 1 amide bonds. The summed E-state index contributed by atoms with van der Waals surface area (Å²) in [5.41, 5.74) is 7.46. The molecule has 4 N–H and O–H groups in total. The third kappa shape index (κ3) is 2.95. The monoisotopic (exact) mass is 370 g/mol. The number of halogens is 3. The molecule has 126 valence electrons. The lowest BCUT2D eigenvalue weighted by Crippen LogP contribution is -2.22. The van der Waals surface area contributed by atoms with E-state index in [2.05, 4.69) is 20.6 Å². The van der Waals surface area contributed by atoms with Crippen LogP contribution in [-0.2, 0) is 4.79 Å². The van der Waals surface area contributed by atoms with Gasteiger partial charge in [-0.3, -0.25) is 9.89 Å². The molecule has 0 fully saturated rings. The maximum absolute atomic E-state index is 13.4. The van der Waals surface area contributed by atoms with E-state index < -0.39 is 17.6 Å². The summed E-state index contributed by atoms with van der Waals surface area (Å²) in [4.78, 5) is 12.4. The Hall–Kier alpha value is -2.16. The molecule has 0 saturated carbocycles. The molecular formula is C14H13Cl2FN6O. The van der Waals surface area contributed by atoms with Gasteiger partial charge in [-0.1, -0.05) is 17.7 Å². The van der Waals surface area contributed by atoms with E-state index >= 15 is 0 Å². The zero-order valence-electron chi connectivity index (χ0n) is 12.3. The number of hydrogen-bond acceptors (Lipinski definition) is 5. The molecule has 0 aliphatic carbocycles. The van der Waals surface area contributed by atoms with Crippen molar-refractivity contribution in [3.8, 4) is 0 Å². The lowest BCUT2D eigenvalue weighted by Gasteiger charge is -2.12. The topological polar surface area (TPSA) is 99.4 Å². The summed E-state index contributed by atoms with van der Waals surface area (Å²) >= 11 is 11.7. The fourth-order valence-corrected chi connectivity index (χ4v) is 2.80. The third-order valence-corrected chi connectivity index (χ3v) is 4.06. The fraction of sp³-hybridized carbons (Fsp3) is 0.214. The van der Waals surface area contributed by atoms with E-state index in [1.54, 1.807) is 6.20 Å². The number of benzene rings is 1. The predicted molar refractivity (Wildman–Crippen MR) is 89.5 cm³/mol. The maximum atomic E-state index is 13.4. The highest BCUT2D eigenvalue weighted by Gasteiger charge is 2.39. The van der Waals surface area contributed by atoms with Crippen molar-refractivity contribution in [2.24, 2.45) is 10.8 Å². The SMILES string of the molecule is NCCNc1cn[nH]c1C1=NN(Cl)C(=O)C1c1ccc(F)c(Cl)c1. The quantitative estimate of drug-likeness (QED) is 0.701. The van der Waals surface area contributed by atoms with E-state index in [0.29, 0.717) is 35.7 Å². The molecule has 1 aliphatic heterocycles. The van der Waals surface area contributed by atoms with Gasteiger partial charge < -0.3 is 11.1 Å². The van der Waals surface area contributed by atoms with E-state index in [1.807, 2.05) is 0 Å². The molecule has 0 radical (unpaired) electrons. The van der Waals surface area contributed by atoms with E-state index in [9.17, 15) is 9.18 Å². The van der Waals surface area contributed by atoms with Crippen LogP contribution in [0.4, 0.5) is 10.1 Å². The highest BCUT2D eigenvalue weighted by molar-refractivity contribution is 6.32. The van der Waals surface area contributed by atoms with Gasteiger partial charge in [-0.15, -0.1) is 4.53 Å². The van der Waals surface area contributed by atoms with Crippen molar-refractivity contribution in [2.75, 3.05) is 18.4 Å². The Bertz CT molecular complexity index is 808. The van der Waals surface area contributed by atoms with Crippen molar-refractivity contribution in [2.45, 2.75) is 5.92 Å². The van der Waals surface area contributed by atoms with Gasteiger partial charge in [-0.2, -0.15) is 10.2 Å². The number of nitrogens with zero attached hydrogens (tertiary/aromatic N) is 3. The van der Waals surface area contributed by atoms with Gasteiger partial charge >= 0.3 is 0 Å². The smallest absolute Gasteiger partial charge is 0.271 e. The van der Waals surface area contributed by atoms with Crippen LogP contribution in [0.5, 0.6) is 0 Å². The first kappa shape index (κ1) is 16.7. The molecule has 7 nitrogen and oxygen atoms in total. The molecule has 0 spiro atoms. The molecule has 1 aliphatic rings. The average Bonchev–Trinajstić information content (AvgIpc) is 3.13. The minimum Gasteiger partial charge on any atom is -0.381 e. The van der Waals surface area contributed by atoms with Gasteiger partial charge in [-0.05, 0) is 17.7 Å². The first-order chi connectivity index (χ1) is 11.5. The molecule has 3 rings (SSSR count). The van der Waals surface area contributed by atoms with Gasteiger partial charge in [0.2, 0.25) is 0 Å². The molecule has 10 heteroatoms. The Morgan fingerprint density at radius 2 is 2.25 bits per heavy atom. The Balaban J connectivity index is 2.02. The van der Waals surface area contributed by atoms with Crippen LogP contribution in [0, 0.1) is 5.82 Å². The number of amides is 1. The standard InChI is InChI=1S/C14H13Cl2FN6O/c15-8-5-7(1-2-9(8)17)11-13(22-23(16)14(11)24)12-10(6-20-21-12)19-4-3-18/h1-2,5-6,11,19H,3-4,18H2,(H,20,21). The number of H-pyrrole nitrogens is 1. The average molecular weight is 371 g/mol. The van der Waals surface area contributed by atoms with Crippen LogP contribution in [0.3, 0.4) is 0 Å². The van der Waals surface area contributed by atoms with Gasteiger partial charge in [0, 0.05) is 24.9 Å². The molecular weight excluding hydrogens is 358 g/mol. The molecule has 1 unspecified atom stereocenters. The highest BCUT2D eigenvalue weighted by atomic mass is 35.5. The minimum atomic E-state index is -0.820. The van der Waals surface area contributed by atoms with E-state index in [4.69, 9.17) is 29.1 Å². The van der Waals surface area contributed by atoms with Crippen molar-refractivity contribution in [3.63, 3.8) is 0 Å². The van der Waals surface area contributed by atoms with E-state index in [0.717, 1.165) is 4.53 Å². The van der Waals surface area contributed by atoms with Crippen molar-refractivity contribution in [3.05, 3.63) is 46.5 Å². The zero-order valence-corrected chi connectivity index (χ0v) is 13.8. The zero-order chi connectivity index (χ0) is 17.3. The second-order valence-corrected chi connectivity index (χ2v) is 5.79. The molecule has 1 atom stereocenters. The molecule has 0 saturated heterocycles. The van der Waals surface area contributed by atoms with Crippen molar-refractivity contribution in [1.29, 1.82) is 0 Å². The summed E-state index contributed by atoms with van der Waals surface area (Å²) < 4.78 is 14.1. The first-order valence-electron chi connectivity index (χ1n) is 7.03. The molecule has 0 bridgehead atoms. The third-order valence-electron chi connectivity index (χ3n) is 3.53. The summed E-state index contributed by atoms with van der Waals surface area (Å²) in [6.45, 7) is 0.944. The van der Waals surface area contributed by atoms with Crippen LogP contribution in [-0.4, -0.2) is 39.4 Å². The number of rotatable bonds is 5. The van der Waals surface area contributed by atoms with E-state index in [1.165, 1.54) is 18.2 Å². The van der Waals surface area contributed by atoms with Crippen LogP contribution in [0.1, 0.15) is 17.2 Å². The minimum absolute atomic E-state index is 0.0845. The van der Waals surface area contributed by atoms with Crippen molar-refractivity contribution in [1.82, 2.24) is 14.7 Å². The summed E-state index contributed by atoms with van der Waals surface area (Å²) in [7, 11) is 0. The van der Waals surface area contributed by atoms with Crippen molar-refractivity contribution >= 4 is 40.7 Å². The van der Waals surface area contributed by atoms with Crippen LogP contribution >= 0.6 is 23.4 Å². The van der Waals surface area contributed by atoms with Crippen LogP contribution in [0.25, 0.3) is 0 Å². The van der Waals surface area contributed by atoms with Gasteiger partial charge in [0.25, 0.3) is 5.91 Å². The lowest BCUT2D eigenvalue weighted by molar-refractivity contribution is -0.125. The number of hydrazone groups is 1. The van der Waals surface area contributed by atoms with Gasteiger partial charge in [0.05, 0.1) is 16.9 Å². The van der Waals surface area contributed by atoms with Crippen LogP contribution in [0.2, 0.25) is 5.02 Å². The number of nitrogens with one attached hydrogen (secondary N) is 2. The Morgan fingerprint density at radius 3 is 2.96 bits per heavy atom. The van der Waals surface area contributed by atoms with Gasteiger partial charge in [-0.25, -0.2) is 4.39 Å². The first-order valence-corrected chi connectivity index (χ1v) is 7.75. The number of nitrogens with two attached hydrogens (primary N) is 1. The summed E-state index contributed by atoms with van der Waals surface area (Å²) in [6, 6.07) is 4.05. The largest absolute Gasteiger partial charge is 0.381 e. The van der Waals surface area contributed by atoms with Gasteiger partial charge in [0.15, 0.2) is 0 Å². The Morgan fingerprint density at radius 1 is 1.46 bits per heavy atom. The lowest BCUT2D eigenvalue weighted by atomic mass is 9.92. The Kier molecular flexibility index (Phi) is 4.70. The van der Waals surface area contributed by atoms with Crippen LogP contribution < -0.4 is 11.1 Å². The second-order valence-electron chi connectivity index (χ2n) is 5.06. The van der Waals surface area contributed by atoms with Crippen molar-refractivity contribution < 1.29 is 9.18 Å².